The van der Waals surface area contributed by atoms with E-state index in [1.54, 1.807) is 6.92 Å². The molecule has 2 amide bonds. The van der Waals surface area contributed by atoms with Gasteiger partial charge in [0.25, 0.3) is 5.69 Å². The molecule has 11 heteroatoms. The summed E-state index contributed by atoms with van der Waals surface area (Å²) in [5.41, 5.74) is -2.01. The number of nitrogens with one attached hydrogen (secondary N) is 3. The Bertz CT molecular complexity index is 679. The molecule has 0 spiro atoms. The smallest absolute Gasteiger partial charge is 0.379 e. The van der Waals surface area contributed by atoms with E-state index in [2.05, 4.69) is 16.0 Å². The molecule has 0 aliphatic carbocycles. The van der Waals surface area contributed by atoms with Crippen LogP contribution in [0.1, 0.15) is 25.8 Å². The van der Waals surface area contributed by atoms with E-state index in [1.807, 2.05) is 0 Å². The Kier molecular flexibility index (Phi) is 7.35. The second-order valence-corrected chi connectivity index (χ2v) is 5.35. The number of nitro benzene ring substituents is 1. The van der Waals surface area contributed by atoms with E-state index in [0.29, 0.717) is 18.7 Å². The molecule has 1 atom stereocenters. The lowest BCUT2D eigenvalue weighted by Crippen LogP contribution is -2.45. The van der Waals surface area contributed by atoms with Gasteiger partial charge in [0.05, 0.1) is 10.5 Å². The average Bonchev–Trinajstić information content (AvgIpc) is 2.54. The topological polar surface area (TPSA) is 113 Å². The minimum atomic E-state index is -4.70. The maximum absolute atomic E-state index is 12.6. The highest BCUT2D eigenvalue weighted by atomic mass is 19.4. The Morgan fingerprint density at radius 3 is 2.50 bits per heavy atom. The highest BCUT2D eigenvalue weighted by Gasteiger charge is 2.33. The van der Waals surface area contributed by atoms with Crippen molar-refractivity contribution in [2.75, 3.05) is 18.4 Å². The van der Waals surface area contributed by atoms with Crippen LogP contribution in [0.2, 0.25) is 0 Å². The molecule has 0 aromatic heterocycles. The number of amides is 2. The van der Waals surface area contributed by atoms with Crippen molar-refractivity contribution >= 4 is 23.2 Å². The van der Waals surface area contributed by atoms with E-state index in [-0.39, 0.29) is 24.6 Å². The van der Waals surface area contributed by atoms with Crippen molar-refractivity contribution in [2.45, 2.75) is 32.5 Å². The number of carbonyl (C=O) groups excluding carboxylic acids is 2. The van der Waals surface area contributed by atoms with Crippen LogP contribution in [-0.2, 0) is 15.8 Å². The van der Waals surface area contributed by atoms with Gasteiger partial charge in [0.1, 0.15) is 11.7 Å². The van der Waals surface area contributed by atoms with Gasteiger partial charge in [0, 0.05) is 25.6 Å². The van der Waals surface area contributed by atoms with E-state index >= 15 is 0 Å². The minimum Gasteiger partial charge on any atom is -0.379 e. The summed E-state index contributed by atoms with van der Waals surface area (Å²) in [6.07, 6.45) is -4.82. The van der Waals surface area contributed by atoms with Crippen LogP contribution < -0.4 is 16.0 Å². The number of anilines is 1. The molecule has 1 rings (SSSR count). The number of alkyl halides is 3. The third kappa shape index (κ3) is 6.22. The van der Waals surface area contributed by atoms with Crippen molar-refractivity contribution in [1.29, 1.82) is 0 Å². The summed E-state index contributed by atoms with van der Waals surface area (Å²) in [4.78, 5) is 33.3. The van der Waals surface area contributed by atoms with E-state index in [1.165, 1.54) is 6.92 Å². The second-order valence-electron chi connectivity index (χ2n) is 5.35. The molecule has 3 N–H and O–H groups in total. The number of nitro groups is 1. The van der Waals surface area contributed by atoms with Gasteiger partial charge in [-0.05, 0) is 26.0 Å². The number of likely N-dealkylation sites (N-methyl/N-ethyl adjacent to an activating group) is 1. The number of halogens is 3. The van der Waals surface area contributed by atoms with E-state index < -0.39 is 34.3 Å². The first-order chi connectivity index (χ1) is 12.1. The molecule has 0 saturated carbocycles. The first-order valence-corrected chi connectivity index (χ1v) is 7.72. The van der Waals surface area contributed by atoms with Crippen LogP contribution >= 0.6 is 0 Å². The number of nitrogens with zero attached hydrogens (tertiary/aromatic N) is 1. The zero-order valence-electron chi connectivity index (χ0n) is 14.1. The maximum atomic E-state index is 12.6. The largest absolute Gasteiger partial charge is 0.416 e. The summed E-state index contributed by atoms with van der Waals surface area (Å²) in [7, 11) is 0. The summed E-state index contributed by atoms with van der Waals surface area (Å²) >= 11 is 0. The molecule has 144 valence electrons. The second kappa shape index (κ2) is 9.02. The Hall–Kier alpha value is -2.85. The summed E-state index contributed by atoms with van der Waals surface area (Å²) < 4.78 is 37.9. The van der Waals surface area contributed by atoms with Gasteiger partial charge in [-0.3, -0.25) is 19.7 Å². The molecule has 0 fully saturated rings. The van der Waals surface area contributed by atoms with Gasteiger partial charge >= 0.3 is 6.18 Å². The van der Waals surface area contributed by atoms with Crippen LogP contribution in [0, 0.1) is 10.1 Å². The zero-order chi connectivity index (χ0) is 19.9. The molecule has 0 bridgehead atoms. The molecular formula is C15H19F3N4O4. The van der Waals surface area contributed by atoms with Crippen LogP contribution in [0.5, 0.6) is 0 Å². The van der Waals surface area contributed by atoms with Crippen LogP contribution in [0.3, 0.4) is 0 Å². The molecular weight excluding hydrogens is 357 g/mol. The molecule has 0 heterocycles. The van der Waals surface area contributed by atoms with Gasteiger partial charge in [-0.25, -0.2) is 0 Å². The molecule has 0 radical (unpaired) electrons. The third-order valence-corrected chi connectivity index (χ3v) is 3.31. The van der Waals surface area contributed by atoms with Crippen molar-refractivity contribution < 1.29 is 27.7 Å². The molecule has 1 aromatic carbocycles. The molecule has 1 aromatic rings. The summed E-state index contributed by atoms with van der Waals surface area (Å²) in [6.45, 7) is 3.59. The fourth-order valence-electron chi connectivity index (χ4n) is 2.03. The van der Waals surface area contributed by atoms with Crippen molar-refractivity contribution in [2.24, 2.45) is 0 Å². The minimum absolute atomic E-state index is 0.0554. The quantitative estimate of drug-likeness (QED) is 0.475. The number of carbonyl (C=O) groups is 2. The van der Waals surface area contributed by atoms with E-state index in [9.17, 15) is 32.9 Å². The monoisotopic (exact) mass is 376 g/mol. The van der Waals surface area contributed by atoms with Gasteiger partial charge < -0.3 is 16.0 Å². The lowest BCUT2D eigenvalue weighted by Gasteiger charge is -2.14. The van der Waals surface area contributed by atoms with Crippen molar-refractivity contribution in [3.05, 3.63) is 33.9 Å². The number of benzene rings is 1. The van der Waals surface area contributed by atoms with Crippen LogP contribution in [0.4, 0.5) is 24.5 Å². The molecule has 0 unspecified atom stereocenters. The highest BCUT2D eigenvalue weighted by molar-refractivity contribution is 5.87. The highest BCUT2D eigenvalue weighted by Crippen LogP contribution is 2.34. The maximum Gasteiger partial charge on any atom is 0.416 e. The standard InChI is InChI=1S/C15H19F3N4O4/c1-3-19-14(24)9(2)21-13(23)6-7-20-11-5-4-10(15(16,17)18)8-12(11)22(25)26/h4-5,8-9,20H,3,6-7H2,1-2H3,(H,19,24)(H,21,23)/t9-/m1/s1. The normalized spacial score (nSPS) is 12.2. The van der Waals surface area contributed by atoms with Gasteiger partial charge in [-0.2, -0.15) is 13.2 Å². The Balaban J connectivity index is 2.66. The molecule has 8 nitrogen and oxygen atoms in total. The Morgan fingerprint density at radius 1 is 1.31 bits per heavy atom. The molecule has 0 aliphatic heterocycles. The summed E-state index contributed by atoms with van der Waals surface area (Å²) in [5.74, 6) is -0.835. The Labute approximate surface area is 147 Å². The van der Waals surface area contributed by atoms with Gasteiger partial charge in [0.2, 0.25) is 11.8 Å². The molecule has 0 aliphatic rings. The lowest BCUT2D eigenvalue weighted by atomic mass is 10.1. The lowest BCUT2D eigenvalue weighted by molar-refractivity contribution is -0.384. The summed E-state index contributed by atoms with van der Waals surface area (Å²) in [6, 6.07) is 1.34. The van der Waals surface area contributed by atoms with Gasteiger partial charge in [0.15, 0.2) is 0 Å². The van der Waals surface area contributed by atoms with E-state index in [0.717, 1.165) is 6.07 Å². The van der Waals surface area contributed by atoms with Crippen molar-refractivity contribution in [3.8, 4) is 0 Å². The van der Waals surface area contributed by atoms with Gasteiger partial charge in [-0.15, -0.1) is 0 Å². The number of hydrogen-bond donors (Lipinski definition) is 3. The number of hydrogen-bond acceptors (Lipinski definition) is 5. The van der Waals surface area contributed by atoms with Crippen molar-refractivity contribution in [1.82, 2.24) is 10.6 Å². The predicted octanol–water partition coefficient (Wildman–Crippen LogP) is 2.06. The number of rotatable bonds is 8. The first kappa shape index (κ1) is 21.2. The third-order valence-electron chi connectivity index (χ3n) is 3.31. The molecule has 26 heavy (non-hydrogen) atoms. The summed E-state index contributed by atoms with van der Waals surface area (Å²) in [5, 5.41) is 18.5. The molecule has 0 saturated heterocycles. The van der Waals surface area contributed by atoms with E-state index in [4.69, 9.17) is 0 Å². The van der Waals surface area contributed by atoms with Crippen LogP contribution in [0.15, 0.2) is 18.2 Å². The fourth-order valence-corrected chi connectivity index (χ4v) is 2.03. The van der Waals surface area contributed by atoms with Crippen LogP contribution in [-0.4, -0.2) is 35.9 Å². The van der Waals surface area contributed by atoms with Crippen LogP contribution in [0.25, 0.3) is 0 Å². The first-order valence-electron chi connectivity index (χ1n) is 7.72. The van der Waals surface area contributed by atoms with Gasteiger partial charge in [-0.1, -0.05) is 0 Å². The zero-order valence-corrected chi connectivity index (χ0v) is 14.1. The predicted molar refractivity (Wildman–Crippen MR) is 87.5 cm³/mol. The average molecular weight is 376 g/mol. The SMILES string of the molecule is CCNC(=O)[C@@H](C)NC(=O)CCNc1ccc(C(F)(F)F)cc1[N+](=O)[O-]. The van der Waals surface area contributed by atoms with Crippen molar-refractivity contribution in [3.63, 3.8) is 0 Å². The fraction of sp³-hybridized carbons (Fsp3) is 0.467. The Morgan fingerprint density at radius 2 is 1.96 bits per heavy atom.